The number of carbonyl (C=O) groups is 2. The molecular formula is C20H19FN2O2S. The van der Waals surface area contributed by atoms with Gasteiger partial charge in [0.2, 0.25) is 5.91 Å². The van der Waals surface area contributed by atoms with Crippen molar-refractivity contribution < 1.29 is 14.0 Å². The van der Waals surface area contributed by atoms with Crippen molar-refractivity contribution in [3.63, 3.8) is 0 Å². The van der Waals surface area contributed by atoms with Crippen LogP contribution in [0, 0.1) is 5.82 Å². The molecule has 3 aromatic rings. The van der Waals surface area contributed by atoms with Gasteiger partial charge in [0.25, 0.3) is 0 Å². The molecule has 134 valence electrons. The van der Waals surface area contributed by atoms with E-state index in [-0.39, 0.29) is 17.4 Å². The van der Waals surface area contributed by atoms with E-state index in [1.54, 1.807) is 6.07 Å². The Morgan fingerprint density at radius 2 is 2.00 bits per heavy atom. The van der Waals surface area contributed by atoms with E-state index in [2.05, 4.69) is 10.3 Å². The summed E-state index contributed by atoms with van der Waals surface area (Å²) in [5.41, 5.74) is 2.56. The number of aromatic nitrogens is 1. The third-order valence-electron chi connectivity index (χ3n) is 4.09. The Hall–Kier alpha value is -2.60. The van der Waals surface area contributed by atoms with Crippen LogP contribution in [0.5, 0.6) is 0 Å². The van der Waals surface area contributed by atoms with Crippen molar-refractivity contribution in [2.75, 3.05) is 12.3 Å². The number of amides is 1. The lowest BCUT2D eigenvalue weighted by atomic mass is 10.1. The molecule has 0 fully saturated rings. The highest BCUT2D eigenvalue weighted by Gasteiger charge is 2.10. The maximum Gasteiger partial charge on any atom is 0.230 e. The summed E-state index contributed by atoms with van der Waals surface area (Å²) in [4.78, 5) is 26.8. The number of rotatable bonds is 7. The van der Waals surface area contributed by atoms with E-state index in [1.165, 1.54) is 19.1 Å². The van der Waals surface area contributed by atoms with Crippen LogP contribution in [-0.4, -0.2) is 29.0 Å². The predicted molar refractivity (Wildman–Crippen MR) is 102 cm³/mol. The van der Waals surface area contributed by atoms with Crippen molar-refractivity contribution in [3.05, 3.63) is 65.6 Å². The minimum absolute atomic E-state index is 0.129. The molecule has 1 amide bonds. The van der Waals surface area contributed by atoms with Crippen LogP contribution in [0.2, 0.25) is 0 Å². The van der Waals surface area contributed by atoms with Crippen molar-refractivity contribution in [3.8, 4) is 0 Å². The van der Waals surface area contributed by atoms with Gasteiger partial charge < -0.3 is 10.3 Å². The van der Waals surface area contributed by atoms with Gasteiger partial charge in [0.1, 0.15) is 5.82 Å². The largest absolute Gasteiger partial charge is 0.361 e. The summed E-state index contributed by atoms with van der Waals surface area (Å²) in [6, 6.07) is 12.3. The molecule has 0 atom stereocenters. The zero-order valence-electron chi connectivity index (χ0n) is 14.3. The number of carbonyl (C=O) groups excluding carboxylic acids is 2. The second-order valence-corrected chi connectivity index (χ2v) is 6.97. The number of benzene rings is 2. The molecule has 1 heterocycles. The van der Waals surface area contributed by atoms with E-state index in [4.69, 9.17) is 0 Å². The number of ketones is 1. The topological polar surface area (TPSA) is 62.0 Å². The molecule has 0 bridgehead atoms. The highest BCUT2D eigenvalue weighted by atomic mass is 32.2. The average molecular weight is 370 g/mol. The summed E-state index contributed by atoms with van der Waals surface area (Å²) in [7, 11) is 0. The minimum atomic E-state index is -0.478. The van der Waals surface area contributed by atoms with Crippen LogP contribution in [0.4, 0.5) is 4.39 Å². The molecule has 2 aromatic carbocycles. The van der Waals surface area contributed by atoms with Crippen molar-refractivity contribution in [1.82, 2.24) is 10.3 Å². The first-order chi connectivity index (χ1) is 12.5. The number of hydrogen-bond acceptors (Lipinski definition) is 3. The van der Waals surface area contributed by atoms with Gasteiger partial charge in [-0.15, -0.1) is 11.8 Å². The van der Waals surface area contributed by atoms with Gasteiger partial charge in [-0.25, -0.2) is 4.39 Å². The number of para-hydroxylation sites is 1. The van der Waals surface area contributed by atoms with Crippen molar-refractivity contribution in [2.45, 2.75) is 18.2 Å². The first-order valence-corrected chi connectivity index (χ1v) is 9.28. The molecule has 0 saturated heterocycles. The smallest absolute Gasteiger partial charge is 0.230 e. The summed E-state index contributed by atoms with van der Waals surface area (Å²) in [5, 5.41) is 4.01. The molecule has 2 N–H and O–H groups in total. The van der Waals surface area contributed by atoms with Crippen LogP contribution >= 0.6 is 11.8 Å². The molecule has 26 heavy (non-hydrogen) atoms. The molecule has 0 aliphatic rings. The lowest BCUT2D eigenvalue weighted by Crippen LogP contribution is -2.27. The number of thioether (sulfide) groups is 1. The van der Waals surface area contributed by atoms with Crippen molar-refractivity contribution in [2.24, 2.45) is 0 Å². The molecule has 6 heteroatoms. The zero-order chi connectivity index (χ0) is 18.5. The molecule has 1 aromatic heterocycles. The van der Waals surface area contributed by atoms with Gasteiger partial charge in [-0.2, -0.15) is 0 Å². The first-order valence-electron chi connectivity index (χ1n) is 8.29. The second kappa shape index (κ2) is 8.19. The lowest BCUT2D eigenvalue weighted by molar-refractivity contribution is -0.118. The molecular weight excluding hydrogens is 351 g/mol. The Morgan fingerprint density at radius 3 is 2.77 bits per heavy atom. The fourth-order valence-corrected chi connectivity index (χ4v) is 3.46. The van der Waals surface area contributed by atoms with Gasteiger partial charge in [0.05, 0.1) is 5.75 Å². The standard InChI is InChI=1S/C20H19FN2O2S/c1-13(24)14-6-7-19(17(21)10-14)26-12-20(25)22-9-8-15-11-23-18-5-3-2-4-16(15)18/h2-7,10-11,23H,8-9,12H2,1H3,(H,22,25). The molecule has 0 aliphatic heterocycles. The predicted octanol–water partition coefficient (Wildman–Crippen LogP) is 3.96. The number of H-pyrrole nitrogens is 1. The number of aromatic amines is 1. The Kier molecular flexibility index (Phi) is 5.73. The first kappa shape index (κ1) is 18.2. The number of halogens is 1. The fraction of sp³-hybridized carbons (Fsp3) is 0.200. The van der Waals surface area contributed by atoms with E-state index in [1.807, 2.05) is 30.5 Å². The van der Waals surface area contributed by atoms with E-state index in [0.29, 0.717) is 17.0 Å². The average Bonchev–Trinajstić information content (AvgIpc) is 3.04. The van der Waals surface area contributed by atoms with Crippen LogP contribution in [0.15, 0.2) is 53.6 Å². The Labute approximate surface area is 155 Å². The van der Waals surface area contributed by atoms with Crippen molar-refractivity contribution in [1.29, 1.82) is 0 Å². The summed E-state index contributed by atoms with van der Waals surface area (Å²) in [6.45, 7) is 1.91. The summed E-state index contributed by atoms with van der Waals surface area (Å²) in [5.74, 6) is -0.681. The highest BCUT2D eigenvalue weighted by Crippen LogP contribution is 2.23. The molecule has 0 unspecified atom stereocenters. The fourth-order valence-electron chi connectivity index (χ4n) is 2.71. The maximum absolute atomic E-state index is 13.9. The number of hydrogen-bond donors (Lipinski definition) is 2. The van der Waals surface area contributed by atoms with Crippen molar-refractivity contribution >= 4 is 34.4 Å². The summed E-state index contributed by atoms with van der Waals surface area (Å²) < 4.78 is 13.9. The minimum Gasteiger partial charge on any atom is -0.361 e. The number of nitrogens with one attached hydrogen (secondary N) is 2. The van der Waals surface area contributed by atoms with E-state index >= 15 is 0 Å². The lowest BCUT2D eigenvalue weighted by Gasteiger charge is -2.06. The third kappa shape index (κ3) is 4.32. The Balaban J connectivity index is 1.48. The number of Topliss-reactive ketones (excluding diaryl/α,β-unsaturated/α-hetero) is 1. The maximum atomic E-state index is 13.9. The molecule has 0 aliphatic carbocycles. The van der Waals surface area contributed by atoms with Crippen LogP contribution in [0.25, 0.3) is 10.9 Å². The molecule has 3 rings (SSSR count). The molecule has 0 saturated carbocycles. The van der Waals surface area contributed by atoms with Gasteiger partial charge in [-0.1, -0.05) is 24.3 Å². The van der Waals surface area contributed by atoms with Gasteiger partial charge in [0, 0.05) is 34.1 Å². The normalized spacial score (nSPS) is 10.8. The highest BCUT2D eigenvalue weighted by molar-refractivity contribution is 8.00. The van der Waals surface area contributed by atoms with E-state index in [9.17, 15) is 14.0 Å². The second-order valence-electron chi connectivity index (χ2n) is 5.95. The molecule has 0 radical (unpaired) electrons. The van der Waals surface area contributed by atoms with Crippen LogP contribution in [0.3, 0.4) is 0 Å². The van der Waals surface area contributed by atoms with Gasteiger partial charge in [-0.3, -0.25) is 9.59 Å². The van der Waals surface area contributed by atoms with Crippen LogP contribution in [-0.2, 0) is 11.2 Å². The van der Waals surface area contributed by atoms with Gasteiger partial charge in [0.15, 0.2) is 5.78 Å². The van der Waals surface area contributed by atoms with Gasteiger partial charge >= 0.3 is 0 Å². The van der Waals surface area contributed by atoms with Crippen LogP contribution < -0.4 is 5.32 Å². The SMILES string of the molecule is CC(=O)c1ccc(SCC(=O)NCCc2c[nH]c3ccccc23)c(F)c1. The van der Waals surface area contributed by atoms with Gasteiger partial charge in [-0.05, 0) is 37.1 Å². The molecule has 0 spiro atoms. The third-order valence-corrected chi connectivity index (χ3v) is 5.14. The summed E-state index contributed by atoms with van der Waals surface area (Å²) >= 11 is 1.12. The monoisotopic (exact) mass is 370 g/mol. The van der Waals surface area contributed by atoms with E-state index in [0.717, 1.165) is 34.6 Å². The zero-order valence-corrected chi connectivity index (χ0v) is 15.2. The van der Waals surface area contributed by atoms with E-state index < -0.39 is 5.82 Å². The Bertz CT molecular complexity index is 952. The molecule has 4 nitrogen and oxygen atoms in total. The summed E-state index contributed by atoms with van der Waals surface area (Å²) in [6.07, 6.45) is 2.68. The Morgan fingerprint density at radius 1 is 1.19 bits per heavy atom. The van der Waals surface area contributed by atoms with Crippen LogP contribution in [0.1, 0.15) is 22.8 Å². The number of fused-ring (bicyclic) bond motifs is 1. The quantitative estimate of drug-likeness (QED) is 0.489.